The molecule has 1 saturated heterocycles. The minimum atomic E-state index is 0.538. The van der Waals surface area contributed by atoms with Crippen molar-refractivity contribution in [2.24, 2.45) is 5.92 Å². The zero-order chi connectivity index (χ0) is 14.1. The number of para-hydroxylation sites is 1. The van der Waals surface area contributed by atoms with Gasteiger partial charge in [0.05, 0.1) is 0 Å². The van der Waals surface area contributed by atoms with E-state index in [-0.39, 0.29) is 0 Å². The van der Waals surface area contributed by atoms with E-state index in [9.17, 15) is 0 Å². The van der Waals surface area contributed by atoms with Gasteiger partial charge in [-0.3, -0.25) is 0 Å². The van der Waals surface area contributed by atoms with E-state index < -0.39 is 0 Å². The number of aromatic nitrogens is 1. The fraction of sp³-hybridized carbons (Fsp3) is 0.556. The van der Waals surface area contributed by atoms with Crippen molar-refractivity contribution in [1.82, 2.24) is 10.3 Å². The molecule has 0 bridgehead atoms. The summed E-state index contributed by atoms with van der Waals surface area (Å²) in [5, 5.41) is 5.31. The monoisotopic (exact) mass is 300 g/mol. The van der Waals surface area contributed by atoms with Crippen molar-refractivity contribution in [3.8, 4) is 0 Å². The van der Waals surface area contributed by atoms with Gasteiger partial charge in [-0.15, -0.1) is 0 Å². The summed E-state index contributed by atoms with van der Waals surface area (Å²) >= 11 is 2.12. The van der Waals surface area contributed by atoms with Gasteiger partial charge in [0.25, 0.3) is 0 Å². The molecule has 1 aliphatic heterocycles. The van der Waals surface area contributed by atoms with Crippen molar-refractivity contribution in [2.75, 3.05) is 18.1 Å². The Morgan fingerprint density at radius 2 is 2.00 bits per heavy atom. The van der Waals surface area contributed by atoms with Gasteiger partial charge >= 0.3 is 0 Å². The molecule has 1 aromatic carbocycles. The number of H-pyrrole nitrogens is 1. The number of hydrogen-bond donors (Lipinski definition) is 2. The Balaban J connectivity index is 1.52. The Bertz CT molecular complexity index is 613. The lowest BCUT2D eigenvalue weighted by molar-refractivity contribution is 0.382. The molecule has 1 atom stereocenters. The summed E-state index contributed by atoms with van der Waals surface area (Å²) in [4.78, 5) is 3.69. The first-order valence-electron chi connectivity index (χ1n) is 8.32. The van der Waals surface area contributed by atoms with Crippen LogP contribution in [0.3, 0.4) is 0 Å². The second kappa shape index (κ2) is 6.05. The van der Waals surface area contributed by atoms with Crippen molar-refractivity contribution >= 4 is 22.7 Å². The van der Waals surface area contributed by atoms with Crippen molar-refractivity contribution in [2.45, 2.75) is 38.1 Å². The largest absolute Gasteiger partial charge is 0.357 e. The van der Waals surface area contributed by atoms with Gasteiger partial charge in [-0.1, -0.05) is 18.2 Å². The minimum absolute atomic E-state index is 0.538. The zero-order valence-corrected chi connectivity index (χ0v) is 13.3. The molecule has 1 aliphatic carbocycles. The maximum Gasteiger partial charge on any atom is 0.0476 e. The average Bonchev–Trinajstić information content (AvgIpc) is 2.93. The van der Waals surface area contributed by atoms with Crippen molar-refractivity contribution in [3.05, 3.63) is 35.5 Å². The van der Waals surface area contributed by atoms with E-state index in [4.69, 9.17) is 0 Å². The lowest BCUT2D eigenvalue weighted by atomic mass is 9.91. The average molecular weight is 300 g/mol. The summed E-state index contributed by atoms with van der Waals surface area (Å²) in [6.07, 6.45) is 6.61. The number of hydrogen-bond acceptors (Lipinski definition) is 2. The number of rotatable bonds is 3. The van der Waals surface area contributed by atoms with Gasteiger partial charge in [0.2, 0.25) is 0 Å². The highest BCUT2D eigenvalue weighted by atomic mass is 32.2. The van der Waals surface area contributed by atoms with Crippen LogP contribution in [0.25, 0.3) is 10.9 Å². The molecular weight excluding hydrogens is 276 g/mol. The number of benzene rings is 1. The Morgan fingerprint density at radius 1 is 1.14 bits per heavy atom. The van der Waals surface area contributed by atoms with Crippen LogP contribution in [-0.2, 0) is 6.42 Å². The SMILES string of the molecule is c1ccc2c3c([nH]c2c1)C(NCC1CCSCC1)CCC3. The Labute approximate surface area is 131 Å². The summed E-state index contributed by atoms with van der Waals surface area (Å²) in [7, 11) is 0. The Hall–Kier alpha value is -0.930. The molecule has 2 aromatic rings. The number of thioether (sulfide) groups is 1. The molecule has 1 unspecified atom stereocenters. The maximum absolute atomic E-state index is 3.87. The van der Waals surface area contributed by atoms with Crippen LogP contribution in [0.4, 0.5) is 0 Å². The third-order valence-electron chi connectivity index (χ3n) is 5.11. The summed E-state index contributed by atoms with van der Waals surface area (Å²) in [5.74, 6) is 3.60. The first-order valence-corrected chi connectivity index (χ1v) is 9.48. The molecule has 1 aromatic heterocycles. The Morgan fingerprint density at radius 3 is 2.90 bits per heavy atom. The van der Waals surface area contributed by atoms with Gasteiger partial charge in [-0.2, -0.15) is 11.8 Å². The second-order valence-electron chi connectivity index (χ2n) is 6.47. The van der Waals surface area contributed by atoms with Crippen LogP contribution in [0.2, 0.25) is 0 Å². The number of fused-ring (bicyclic) bond motifs is 3. The topological polar surface area (TPSA) is 27.8 Å². The predicted octanol–water partition coefficient (Wildman–Crippen LogP) is 4.28. The van der Waals surface area contributed by atoms with E-state index in [1.54, 1.807) is 5.56 Å². The summed E-state index contributed by atoms with van der Waals surface area (Å²) in [6, 6.07) is 9.31. The normalized spacial score (nSPS) is 23.3. The number of aromatic amines is 1. The molecule has 1 fully saturated rings. The summed E-state index contributed by atoms with van der Waals surface area (Å²) < 4.78 is 0. The molecule has 112 valence electrons. The molecule has 4 rings (SSSR count). The van der Waals surface area contributed by atoms with Crippen molar-refractivity contribution in [3.63, 3.8) is 0 Å². The molecule has 2 heterocycles. The zero-order valence-electron chi connectivity index (χ0n) is 12.5. The van der Waals surface area contributed by atoms with Crippen LogP contribution in [-0.4, -0.2) is 23.0 Å². The molecule has 3 heteroatoms. The van der Waals surface area contributed by atoms with Crippen molar-refractivity contribution in [1.29, 1.82) is 0 Å². The minimum Gasteiger partial charge on any atom is -0.357 e. The first kappa shape index (κ1) is 13.7. The van der Waals surface area contributed by atoms with Crippen LogP contribution in [0.1, 0.15) is 43.0 Å². The molecule has 0 saturated carbocycles. The van der Waals surface area contributed by atoms with Gasteiger partial charge in [-0.05, 0) is 67.7 Å². The fourth-order valence-corrected chi connectivity index (χ4v) is 5.08. The predicted molar refractivity (Wildman–Crippen MR) is 92.0 cm³/mol. The highest BCUT2D eigenvalue weighted by Gasteiger charge is 2.24. The molecule has 2 nitrogen and oxygen atoms in total. The van der Waals surface area contributed by atoms with Crippen LogP contribution < -0.4 is 5.32 Å². The maximum atomic E-state index is 3.87. The lowest BCUT2D eigenvalue weighted by Gasteiger charge is -2.28. The number of aryl methyl sites for hydroxylation is 1. The van der Waals surface area contributed by atoms with Crippen LogP contribution in [0.5, 0.6) is 0 Å². The van der Waals surface area contributed by atoms with E-state index in [1.165, 1.54) is 66.8 Å². The second-order valence-corrected chi connectivity index (χ2v) is 7.70. The highest BCUT2D eigenvalue weighted by molar-refractivity contribution is 7.99. The quantitative estimate of drug-likeness (QED) is 0.885. The molecule has 0 spiro atoms. The third kappa shape index (κ3) is 2.74. The standard InChI is InChI=1S/C18H24N2S/c1-2-6-16-14(4-1)15-5-3-7-17(18(15)20-16)19-12-13-8-10-21-11-9-13/h1-2,4,6,13,17,19-20H,3,5,7-12H2. The van der Waals surface area contributed by atoms with Gasteiger partial charge < -0.3 is 10.3 Å². The first-order chi connectivity index (χ1) is 10.4. The molecular formula is C18H24N2S. The molecule has 2 N–H and O–H groups in total. The van der Waals surface area contributed by atoms with Gasteiger partial charge in [0.15, 0.2) is 0 Å². The van der Waals surface area contributed by atoms with E-state index in [0.29, 0.717) is 6.04 Å². The van der Waals surface area contributed by atoms with Crippen molar-refractivity contribution < 1.29 is 0 Å². The van der Waals surface area contributed by atoms with E-state index in [0.717, 1.165) is 5.92 Å². The Kier molecular flexibility index (Phi) is 3.95. The molecule has 2 aliphatic rings. The fourth-order valence-electron chi connectivity index (χ4n) is 3.88. The van der Waals surface area contributed by atoms with E-state index >= 15 is 0 Å². The molecule has 21 heavy (non-hydrogen) atoms. The van der Waals surface area contributed by atoms with Crippen LogP contribution in [0.15, 0.2) is 24.3 Å². The smallest absolute Gasteiger partial charge is 0.0476 e. The summed E-state index contributed by atoms with van der Waals surface area (Å²) in [5.41, 5.74) is 4.34. The molecule has 0 amide bonds. The van der Waals surface area contributed by atoms with Gasteiger partial charge in [-0.25, -0.2) is 0 Å². The van der Waals surface area contributed by atoms with E-state index in [1.807, 2.05) is 0 Å². The third-order valence-corrected chi connectivity index (χ3v) is 6.16. The highest BCUT2D eigenvalue weighted by Crippen LogP contribution is 2.35. The van der Waals surface area contributed by atoms with Crippen LogP contribution in [0, 0.1) is 5.92 Å². The van der Waals surface area contributed by atoms with Gasteiger partial charge in [0.1, 0.15) is 0 Å². The van der Waals surface area contributed by atoms with Gasteiger partial charge in [0, 0.05) is 22.6 Å². The lowest BCUT2D eigenvalue weighted by Crippen LogP contribution is -2.31. The van der Waals surface area contributed by atoms with E-state index in [2.05, 4.69) is 46.3 Å². The molecule has 0 radical (unpaired) electrons. The number of nitrogens with one attached hydrogen (secondary N) is 2. The summed E-state index contributed by atoms with van der Waals surface area (Å²) in [6.45, 7) is 1.19. The van der Waals surface area contributed by atoms with Crippen LogP contribution >= 0.6 is 11.8 Å².